The highest BCUT2D eigenvalue weighted by atomic mass is 15.3. The summed E-state index contributed by atoms with van der Waals surface area (Å²) in [4.78, 5) is 4.95. The molecule has 0 unspecified atom stereocenters. The molecule has 2 fully saturated rings. The first-order valence-corrected chi connectivity index (χ1v) is 5.58. The molecule has 0 aliphatic carbocycles. The van der Waals surface area contributed by atoms with Crippen molar-refractivity contribution in [2.24, 2.45) is 11.1 Å². The topological polar surface area (TPSA) is 32.5 Å². The monoisotopic (exact) mass is 197 g/mol. The van der Waals surface area contributed by atoms with Crippen molar-refractivity contribution in [3.63, 3.8) is 0 Å². The van der Waals surface area contributed by atoms with Crippen LogP contribution in [0, 0.1) is 5.41 Å². The molecule has 82 valence electrons. The first-order chi connectivity index (χ1) is 6.39. The summed E-state index contributed by atoms with van der Waals surface area (Å²) in [6, 6.07) is 0. The van der Waals surface area contributed by atoms with E-state index >= 15 is 0 Å². The summed E-state index contributed by atoms with van der Waals surface area (Å²) in [5, 5.41) is 0. The Kier molecular flexibility index (Phi) is 2.37. The highest BCUT2D eigenvalue weighted by Gasteiger charge is 2.46. The number of hydrogen-bond donors (Lipinski definition) is 1. The van der Waals surface area contributed by atoms with E-state index in [0.29, 0.717) is 5.41 Å². The highest BCUT2D eigenvalue weighted by Crippen LogP contribution is 2.38. The van der Waals surface area contributed by atoms with Crippen molar-refractivity contribution in [2.45, 2.75) is 25.8 Å². The maximum absolute atomic E-state index is 6.04. The Hall–Kier alpha value is -0.120. The summed E-state index contributed by atoms with van der Waals surface area (Å²) in [5.74, 6) is 0. The van der Waals surface area contributed by atoms with Gasteiger partial charge >= 0.3 is 0 Å². The largest absolute Gasteiger partial charge is 0.324 e. The van der Waals surface area contributed by atoms with E-state index in [1.807, 2.05) is 0 Å². The average molecular weight is 197 g/mol. The predicted octanol–water partition coefficient (Wildman–Crippen LogP) is 0.361. The number of hydrogen-bond acceptors (Lipinski definition) is 3. The predicted molar refractivity (Wildman–Crippen MR) is 59.3 cm³/mol. The van der Waals surface area contributed by atoms with Gasteiger partial charge in [0.15, 0.2) is 0 Å². The van der Waals surface area contributed by atoms with Crippen LogP contribution < -0.4 is 5.73 Å². The van der Waals surface area contributed by atoms with Crippen molar-refractivity contribution >= 4 is 0 Å². The molecule has 0 atom stereocenters. The Labute approximate surface area is 87.2 Å². The van der Waals surface area contributed by atoms with Crippen LogP contribution in [0.3, 0.4) is 0 Å². The van der Waals surface area contributed by atoms with E-state index in [9.17, 15) is 0 Å². The third kappa shape index (κ3) is 2.10. The van der Waals surface area contributed by atoms with Crippen molar-refractivity contribution < 1.29 is 0 Å². The number of rotatable bonds is 2. The molecule has 2 heterocycles. The van der Waals surface area contributed by atoms with Crippen LogP contribution in [-0.2, 0) is 0 Å². The van der Waals surface area contributed by atoms with Gasteiger partial charge in [-0.05, 0) is 33.9 Å². The molecule has 0 bridgehead atoms. The summed E-state index contributed by atoms with van der Waals surface area (Å²) < 4.78 is 0. The van der Waals surface area contributed by atoms with E-state index in [0.717, 1.165) is 6.54 Å². The van der Waals surface area contributed by atoms with E-state index in [2.05, 4.69) is 30.7 Å². The van der Waals surface area contributed by atoms with Crippen LogP contribution >= 0.6 is 0 Å². The molecule has 2 rings (SSSR count). The first kappa shape index (κ1) is 10.4. The van der Waals surface area contributed by atoms with Gasteiger partial charge in [-0.1, -0.05) is 0 Å². The molecule has 2 aliphatic rings. The maximum Gasteiger partial charge on any atom is 0.0226 e. The lowest BCUT2D eigenvalue weighted by Crippen LogP contribution is -2.56. The van der Waals surface area contributed by atoms with Crippen LogP contribution in [0.5, 0.6) is 0 Å². The molecule has 2 saturated heterocycles. The number of nitrogens with two attached hydrogens (primary N) is 1. The molecule has 0 saturated carbocycles. The molecule has 0 aromatic rings. The molecule has 0 aromatic carbocycles. The van der Waals surface area contributed by atoms with Gasteiger partial charge in [0.2, 0.25) is 0 Å². The van der Waals surface area contributed by atoms with Crippen molar-refractivity contribution in [2.75, 3.05) is 39.8 Å². The molecule has 2 N–H and O–H groups in total. The minimum atomic E-state index is -0.0405. The molecular weight excluding hydrogens is 174 g/mol. The summed E-state index contributed by atoms with van der Waals surface area (Å²) in [6.45, 7) is 10.4. The summed E-state index contributed by atoms with van der Waals surface area (Å²) in [6.07, 6.45) is 1.37. The van der Waals surface area contributed by atoms with E-state index in [1.165, 1.54) is 32.6 Å². The van der Waals surface area contributed by atoms with Gasteiger partial charge in [-0.15, -0.1) is 0 Å². The third-order valence-corrected chi connectivity index (χ3v) is 3.36. The Balaban J connectivity index is 1.84. The van der Waals surface area contributed by atoms with Crippen molar-refractivity contribution in [1.29, 1.82) is 0 Å². The fourth-order valence-corrected chi connectivity index (χ4v) is 3.10. The van der Waals surface area contributed by atoms with Crippen LogP contribution in [0.15, 0.2) is 0 Å². The lowest BCUT2D eigenvalue weighted by atomic mass is 9.79. The lowest BCUT2D eigenvalue weighted by molar-refractivity contribution is 0.0294. The van der Waals surface area contributed by atoms with Gasteiger partial charge in [-0.2, -0.15) is 0 Å². The van der Waals surface area contributed by atoms with Gasteiger partial charge in [0.25, 0.3) is 0 Å². The zero-order chi connectivity index (χ0) is 10.4. The molecule has 1 spiro atoms. The minimum Gasteiger partial charge on any atom is -0.324 e. The Morgan fingerprint density at radius 3 is 2.43 bits per heavy atom. The third-order valence-electron chi connectivity index (χ3n) is 3.36. The first-order valence-electron chi connectivity index (χ1n) is 5.58. The van der Waals surface area contributed by atoms with Gasteiger partial charge in [0.05, 0.1) is 0 Å². The van der Waals surface area contributed by atoms with E-state index in [1.54, 1.807) is 0 Å². The SMILES string of the molecule is CN1CC2(CCN(CC(C)(C)N)C2)C1. The molecular formula is C11H23N3. The van der Waals surface area contributed by atoms with E-state index < -0.39 is 0 Å². The molecule has 3 nitrogen and oxygen atoms in total. The average Bonchev–Trinajstić information content (AvgIpc) is 2.27. The van der Waals surface area contributed by atoms with Gasteiger partial charge < -0.3 is 15.5 Å². The van der Waals surface area contributed by atoms with E-state index in [-0.39, 0.29) is 5.54 Å². The molecule has 0 radical (unpaired) electrons. The quantitative estimate of drug-likeness (QED) is 0.694. The molecule has 0 amide bonds. The highest BCUT2D eigenvalue weighted by molar-refractivity contribution is 5.01. The summed E-state index contributed by atoms with van der Waals surface area (Å²) in [7, 11) is 2.21. The second-order valence-electron chi connectivity index (χ2n) is 6.12. The van der Waals surface area contributed by atoms with Gasteiger partial charge in [-0.3, -0.25) is 0 Å². The Morgan fingerprint density at radius 1 is 1.29 bits per heavy atom. The van der Waals surface area contributed by atoms with Gasteiger partial charge in [0, 0.05) is 37.1 Å². The summed E-state index contributed by atoms with van der Waals surface area (Å²) in [5.41, 5.74) is 6.62. The van der Waals surface area contributed by atoms with Crippen LogP contribution in [0.1, 0.15) is 20.3 Å². The van der Waals surface area contributed by atoms with Crippen molar-refractivity contribution in [1.82, 2.24) is 9.80 Å². The minimum absolute atomic E-state index is 0.0405. The lowest BCUT2D eigenvalue weighted by Gasteiger charge is -2.46. The molecule has 3 heteroatoms. The summed E-state index contributed by atoms with van der Waals surface area (Å²) >= 11 is 0. The van der Waals surface area contributed by atoms with Crippen molar-refractivity contribution in [3.8, 4) is 0 Å². The van der Waals surface area contributed by atoms with E-state index in [4.69, 9.17) is 5.73 Å². The Morgan fingerprint density at radius 2 is 1.93 bits per heavy atom. The second-order valence-corrected chi connectivity index (χ2v) is 6.12. The zero-order valence-electron chi connectivity index (χ0n) is 9.71. The van der Waals surface area contributed by atoms with Crippen molar-refractivity contribution in [3.05, 3.63) is 0 Å². The van der Waals surface area contributed by atoms with Gasteiger partial charge in [-0.25, -0.2) is 0 Å². The van der Waals surface area contributed by atoms with Crippen LogP contribution in [0.4, 0.5) is 0 Å². The van der Waals surface area contributed by atoms with Crippen LogP contribution in [-0.4, -0.2) is 55.1 Å². The van der Waals surface area contributed by atoms with Crippen LogP contribution in [0.25, 0.3) is 0 Å². The van der Waals surface area contributed by atoms with Crippen LogP contribution in [0.2, 0.25) is 0 Å². The normalized spacial score (nSPS) is 28.3. The fourth-order valence-electron chi connectivity index (χ4n) is 3.10. The Bertz CT molecular complexity index is 213. The molecule has 14 heavy (non-hydrogen) atoms. The maximum atomic E-state index is 6.04. The standard InChI is InChI=1S/C11H23N3/c1-10(2,12)6-14-5-4-11(9-14)7-13(3)8-11/h4-9,12H2,1-3H3. The smallest absolute Gasteiger partial charge is 0.0226 e. The number of likely N-dealkylation sites (tertiary alicyclic amines) is 2. The molecule has 0 aromatic heterocycles. The number of nitrogens with zero attached hydrogens (tertiary/aromatic N) is 2. The second kappa shape index (κ2) is 3.19. The zero-order valence-corrected chi connectivity index (χ0v) is 9.71. The fraction of sp³-hybridized carbons (Fsp3) is 1.00. The van der Waals surface area contributed by atoms with Gasteiger partial charge in [0.1, 0.15) is 0 Å². The molecule has 2 aliphatic heterocycles.